The number of hydrogen-bond acceptors (Lipinski definition) is 9. The maximum atomic E-state index is 12.5. The first-order valence-corrected chi connectivity index (χ1v) is 9.14. The van der Waals surface area contributed by atoms with Crippen LogP contribution in [0, 0.1) is 0 Å². The third-order valence-corrected chi connectivity index (χ3v) is 5.11. The lowest BCUT2D eigenvalue weighted by Gasteiger charge is -2.40. The maximum absolute atomic E-state index is 12.5. The molecule has 0 amide bonds. The topological polar surface area (TPSA) is 122 Å². The Morgan fingerprint density at radius 1 is 0.960 bits per heavy atom. The van der Waals surface area contributed by atoms with E-state index in [0.29, 0.717) is 5.57 Å². The third-order valence-electron chi connectivity index (χ3n) is 3.11. The molecule has 0 aromatic carbocycles. The normalized spacial score (nSPS) is 26.4. The van der Waals surface area contributed by atoms with E-state index in [1.807, 2.05) is 0 Å². The molecule has 0 saturated carbocycles. The molecule has 1 rings (SSSR count). The summed E-state index contributed by atoms with van der Waals surface area (Å²) < 4.78 is 45.5. The molecule has 0 radical (unpaired) electrons. The Bertz CT molecular complexity index is 652. The largest absolute Gasteiger partial charge is 0.456 e. The number of carbonyl (C=O) groups is 3. The molecule has 1 saturated heterocycles. The summed E-state index contributed by atoms with van der Waals surface area (Å²) in [5, 5.41) is 0. The predicted molar refractivity (Wildman–Crippen MR) is 85.0 cm³/mol. The van der Waals surface area contributed by atoms with Gasteiger partial charge in [0.2, 0.25) is 0 Å². The molecule has 1 heterocycles. The molecule has 25 heavy (non-hydrogen) atoms. The van der Waals surface area contributed by atoms with Crippen LogP contribution in [-0.2, 0) is 43.2 Å². The minimum atomic E-state index is -3.93. The van der Waals surface area contributed by atoms with Crippen molar-refractivity contribution in [3.63, 3.8) is 0 Å². The molecular formula is C15H22O9S. The van der Waals surface area contributed by atoms with E-state index in [-0.39, 0.29) is 6.61 Å². The van der Waals surface area contributed by atoms with Gasteiger partial charge in [0.1, 0.15) is 0 Å². The molecule has 1 aliphatic rings. The van der Waals surface area contributed by atoms with E-state index in [4.69, 9.17) is 18.9 Å². The van der Waals surface area contributed by atoms with Gasteiger partial charge in [-0.05, 0) is 6.92 Å². The van der Waals surface area contributed by atoms with Gasteiger partial charge in [-0.2, -0.15) is 0 Å². The van der Waals surface area contributed by atoms with Crippen LogP contribution in [0.1, 0.15) is 27.7 Å². The molecule has 0 N–H and O–H groups in total. The van der Waals surface area contributed by atoms with Crippen LogP contribution in [0.4, 0.5) is 0 Å². The van der Waals surface area contributed by atoms with E-state index in [0.717, 1.165) is 20.8 Å². The first-order chi connectivity index (χ1) is 11.4. The van der Waals surface area contributed by atoms with Crippen LogP contribution in [0.25, 0.3) is 0 Å². The fourth-order valence-corrected chi connectivity index (χ4v) is 4.20. The average molecular weight is 378 g/mol. The van der Waals surface area contributed by atoms with Gasteiger partial charge < -0.3 is 18.9 Å². The highest BCUT2D eigenvalue weighted by atomic mass is 32.2. The van der Waals surface area contributed by atoms with Crippen molar-refractivity contribution in [2.75, 3.05) is 12.4 Å². The fourth-order valence-electron chi connectivity index (χ4n) is 2.44. The monoisotopic (exact) mass is 378 g/mol. The number of ether oxygens (including phenoxy) is 4. The maximum Gasteiger partial charge on any atom is 0.303 e. The molecule has 10 heteroatoms. The van der Waals surface area contributed by atoms with Gasteiger partial charge in [0.05, 0.1) is 12.4 Å². The van der Waals surface area contributed by atoms with Gasteiger partial charge in [-0.1, -0.05) is 12.2 Å². The lowest BCUT2D eigenvalue weighted by Crippen LogP contribution is -2.59. The summed E-state index contributed by atoms with van der Waals surface area (Å²) in [6.45, 7) is 8.03. The van der Waals surface area contributed by atoms with Gasteiger partial charge >= 0.3 is 17.9 Å². The summed E-state index contributed by atoms with van der Waals surface area (Å²) in [7, 11) is -3.93. The molecule has 0 spiro atoms. The van der Waals surface area contributed by atoms with Crippen molar-refractivity contribution in [2.24, 2.45) is 0 Å². The Balaban J connectivity index is 3.26. The molecule has 1 aliphatic heterocycles. The highest BCUT2D eigenvalue weighted by molar-refractivity contribution is 7.92. The molecule has 1 fully saturated rings. The van der Waals surface area contributed by atoms with Crippen molar-refractivity contribution in [1.82, 2.24) is 0 Å². The molecule has 0 aliphatic carbocycles. The summed E-state index contributed by atoms with van der Waals surface area (Å²) in [5.74, 6) is -2.64. The Morgan fingerprint density at radius 3 is 1.88 bits per heavy atom. The second-order valence-electron chi connectivity index (χ2n) is 5.76. The second-order valence-corrected chi connectivity index (χ2v) is 7.84. The van der Waals surface area contributed by atoms with E-state index in [1.54, 1.807) is 0 Å². The average Bonchev–Trinajstić information content (AvgIpc) is 2.38. The zero-order valence-electron chi connectivity index (χ0n) is 14.5. The van der Waals surface area contributed by atoms with Crippen LogP contribution in [0.3, 0.4) is 0 Å². The summed E-state index contributed by atoms with van der Waals surface area (Å²) in [5.41, 5.74) is -1.22. The Morgan fingerprint density at radius 2 is 1.44 bits per heavy atom. The van der Waals surface area contributed by atoms with Crippen molar-refractivity contribution in [3.8, 4) is 0 Å². The van der Waals surface area contributed by atoms with E-state index < -0.39 is 57.2 Å². The van der Waals surface area contributed by atoms with Crippen LogP contribution in [0.15, 0.2) is 12.2 Å². The van der Waals surface area contributed by atoms with Crippen molar-refractivity contribution < 1.29 is 41.7 Å². The van der Waals surface area contributed by atoms with Crippen LogP contribution in [0.2, 0.25) is 0 Å². The van der Waals surface area contributed by atoms with Crippen molar-refractivity contribution in [3.05, 3.63) is 12.2 Å². The van der Waals surface area contributed by atoms with E-state index in [9.17, 15) is 22.8 Å². The van der Waals surface area contributed by atoms with Crippen molar-refractivity contribution in [1.29, 1.82) is 0 Å². The van der Waals surface area contributed by atoms with Crippen LogP contribution < -0.4 is 0 Å². The predicted octanol–water partition coefficient (Wildman–Crippen LogP) is 0.129. The molecule has 142 valence electrons. The SMILES string of the molecule is C=C(C)CS(=O)(=O)[C@H]1OC[C@@H](OC(C)=O)[C@@H](OC(C)=O)[C@@H]1OC(C)=O. The third kappa shape index (κ3) is 6.13. The summed E-state index contributed by atoms with van der Waals surface area (Å²) in [4.78, 5) is 34.1. The van der Waals surface area contributed by atoms with Crippen LogP contribution in [0.5, 0.6) is 0 Å². The molecule has 0 unspecified atom stereocenters. The smallest absolute Gasteiger partial charge is 0.303 e. The quantitative estimate of drug-likeness (QED) is 0.360. The number of hydrogen-bond donors (Lipinski definition) is 0. The summed E-state index contributed by atoms with van der Waals surface area (Å²) >= 11 is 0. The summed E-state index contributed by atoms with van der Waals surface area (Å²) in [6, 6.07) is 0. The highest BCUT2D eigenvalue weighted by Crippen LogP contribution is 2.28. The van der Waals surface area contributed by atoms with Gasteiger partial charge in [-0.3, -0.25) is 14.4 Å². The zero-order valence-corrected chi connectivity index (χ0v) is 15.3. The van der Waals surface area contributed by atoms with Gasteiger partial charge in [0, 0.05) is 20.8 Å². The fraction of sp³-hybridized carbons (Fsp3) is 0.667. The van der Waals surface area contributed by atoms with E-state index >= 15 is 0 Å². The first kappa shape index (κ1) is 21.1. The number of rotatable bonds is 6. The summed E-state index contributed by atoms with van der Waals surface area (Å²) in [6.07, 6.45) is -3.91. The minimum absolute atomic E-state index is 0.338. The molecule has 0 bridgehead atoms. The van der Waals surface area contributed by atoms with Gasteiger partial charge in [-0.15, -0.1) is 0 Å². The molecule has 0 aromatic rings. The van der Waals surface area contributed by atoms with Gasteiger partial charge in [0.25, 0.3) is 0 Å². The Labute approximate surface area is 146 Å². The van der Waals surface area contributed by atoms with E-state index in [2.05, 4.69) is 6.58 Å². The lowest BCUT2D eigenvalue weighted by molar-refractivity contribution is -0.214. The molecular weight excluding hydrogens is 356 g/mol. The van der Waals surface area contributed by atoms with Gasteiger partial charge in [-0.25, -0.2) is 8.42 Å². The first-order valence-electron chi connectivity index (χ1n) is 7.43. The number of carbonyl (C=O) groups excluding carboxylic acids is 3. The van der Waals surface area contributed by atoms with Crippen LogP contribution >= 0.6 is 0 Å². The molecule has 9 nitrogen and oxygen atoms in total. The minimum Gasteiger partial charge on any atom is -0.456 e. The van der Waals surface area contributed by atoms with E-state index in [1.165, 1.54) is 6.92 Å². The van der Waals surface area contributed by atoms with Crippen molar-refractivity contribution in [2.45, 2.75) is 51.4 Å². The number of esters is 3. The Hall–Kier alpha value is -1.94. The second kappa shape index (κ2) is 8.43. The van der Waals surface area contributed by atoms with Gasteiger partial charge in [0.15, 0.2) is 33.6 Å². The molecule has 0 aromatic heterocycles. The van der Waals surface area contributed by atoms with Crippen LogP contribution in [-0.4, -0.2) is 62.4 Å². The Kier molecular flexibility index (Phi) is 7.12. The molecule has 4 atom stereocenters. The standard InChI is InChI=1S/C15H22O9S/c1-8(2)7-25(19,20)15-14(24-11(5)18)13(23-10(4)17)12(6-21-15)22-9(3)16/h12-15H,1,6-7H2,2-5H3/t12-,13-,14+,15-/m1/s1. The lowest BCUT2D eigenvalue weighted by atomic mass is 10.1. The number of sulfone groups is 1. The zero-order chi connectivity index (χ0) is 19.4. The van der Waals surface area contributed by atoms with Crippen molar-refractivity contribution >= 4 is 27.7 Å². The highest BCUT2D eigenvalue weighted by Gasteiger charge is 2.51.